The number of imide groups is 1. The summed E-state index contributed by atoms with van der Waals surface area (Å²) >= 11 is 0. The van der Waals surface area contributed by atoms with Gasteiger partial charge in [-0.25, -0.2) is 0 Å². The second-order valence-electron chi connectivity index (χ2n) is 3.89. The van der Waals surface area contributed by atoms with Crippen LogP contribution >= 0.6 is 0 Å². The summed E-state index contributed by atoms with van der Waals surface area (Å²) in [5.74, 6) is -0.616. The van der Waals surface area contributed by atoms with E-state index in [-0.39, 0.29) is 18.2 Å². The molecule has 82 valence electrons. The quantitative estimate of drug-likeness (QED) is 0.671. The number of nitrogens with zero attached hydrogens (tertiary/aromatic N) is 2. The first kappa shape index (κ1) is 10.5. The maximum absolute atomic E-state index is 12.0. The molecular formula is C12H12N2O2. The van der Waals surface area contributed by atoms with E-state index in [1.165, 1.54) is 0 Å². The Hall–Kier alpha value is -1.97. The summed E-state index contributed by atoms with van der Waals surface area (Å²) in [5.41, 5.74) is 2.15. The van der Waals surface area contributed by atoms with Gasteiger partial charge < -0.3 is 0 Å². The second-order valence-corrected chi connectivity index (χ2v) is 3.89. The Balaban J connectivity index is 2.29. The molecule has 2 amide bonds. The molecule has 0 aromatic heterocycles. The van der Waals surface area contributed by atoms with Crippen molar-refractivity contribution in [3.8, 4) is 0 Å². The van der Waals surface area contributed by atoms with Crippen LogP contribution in [0.1, 0.15) is 29.3 Å². The number of hydrogen-bond acceptors (Lipinski definition) is 3. The molecule has 1 heterocycles. The molecule has 0 fully saturated rings. The van der Waals surface area contributed by atoms with Gasteiger partial charge in [-0.3, -0.25) is 9.59 Å². The predicted molar refractivity (Wildman–Crippen MR) is 60.1 cm³/mol. The molecule has 0 saturated carbocycles. The number of carbonyl (C=O) groups is 2. The Bertz CT molecular complexity index is 492. The van der Waals surface area contributed by atoms with Crippen LogP contribution in [0.25, 0.3) is 0 Å². The Kier molecular flexibility index (Phi) is 2.56. The molecule has 0 atom stereocenters. The van der Waals surface area contributed by atoms with Gasteiger partial charge in [-0.2, -0.15) is 10.1 Å². The number of hydrogen-bond donors (Lipinski definition) is 0. The average molecular weight is 216 g/mol. The fourth-order valence-corrected chi connectivity index (χ4v) is 1.61. The van der Waals surface area contributed by atoms with Crippen LogP contribution in [0.15, 0.2) is 29.4 Å². The van der Waals surface area contributed by atoms with Gasteiger partial charge in [0.1, 0.15) is 0 Å². The maximum Gasteiger partial charge on any atom is 0.281 e. The van der Waals surface area contributed by atoms with Gasteiger partial charge in [-0.1, -0.05) is 17.7 Å². The molecule has 2 rings (SSSR count). The molecule has 1 aromatic rings. The van der Waals surface area contributed by atoms with E-state index in [9.17, 15) is 9.59 Å². The number of hydrazone groups is 1. The van der Waals surface area contributed by atoms with Crippen molar-refractivity contribution in [3.05, 3.63) is 35.4 Å². The van der Waals surface area contributed by atoms with Crippen molar-refractivity contribution in [3.63, 3.8) is 0 Å². The number of amides is 2. The summed E-state index contributed by atoms with van der Waals surface area (Å²) < 4.78 is 0. The summed E-state index contributed by atoms with van der Waals surface area (Å²) in [6, 6.07) is 7.13. The first-order valence-corrected chi connectivity index (χ1v) is 5.06. The van der Waals surface area contributed by atoms with Gasteiger partial charge in [0.05, 0.1) is 6.42 Å². The highest BCUT2D eigenvalue weighted by Crippen LogP contribution is 2.14. The van der Waals surface area contributed by atoms with Crippen LogP contribution in [0.4, 0.5) is 0 Å². The van der Waals surface area contributed by atoms with Crippen LogP contribution in [0.3, 0.4) is 0 Å². The topological polar surface area (TPSA) is 49.7 Å². The van der Waals surface area contributed by atoms with Crippen molar-refractivity contribution in [1.82, 2.24) is 5.01 Å². The molecule has 0 bridgehead atoms. The highest BCUT2D eigenvalue weighted by Gasteiger charge is 2.28. The van der Waals surface area contributed by atoms with Gasteiger partial charge in [0.25, 0.3) is 11.8 Å². The Morgan fingerprint density at radius 2 is 2.12 bits per heavy atom. The van der Waals surface area contributed by atoms with Crippen LogP contribution in [-0.2, 0) is 4.79 Å². The van der Waals surface area contributed by atoms with Gasteiger partial charge in [0.2, 0.25) is 0 Å². The molecular weight excluding hydrogens is 204 g/mol. The van der Waals surface area contributed by atoms with Crippen molar-refractivity contribution in [2.75, 3.05) is 0 Å². The number of aryl methyl sites for hydroxylation is 1. The third kappa shape index (κ3) is 1.86. The van der Waals surface area contributed by atoms with Crippen molar-refractivity contribution in [1.29, 1.82) is 0 Å². The standard InChI is InChI=1S/C12H12N2O2/c1-8-4-3-5-10(6-8)12(16)14-11(15)7-9(2)13-14/h3-6H,7H2,1-2H3. The molecule has 4 nitrogen and oxygen atoms in total. The van der Waals surface area contributed by atoms with Gasteiger partial charge in [0, 0.05) is 11.3 Å². The van der Waals surface area contributed by atoms with E-state index in [2.05, 4.69) is 5.10 Å². The largest absolute Gasteiger partial charge is 0.281 e. The van der Waals surface area contributed by atoms with Gasteiger partial charge >= 0.3 is 0 Å². The predicted octanol–water partition coefficient (Wildman–Crippen LogP) is 1.74. The highest BCUT2D eigenvalue weighted by atomic mass is 16.2. The molecule has 4 heteroatoms. The first-order chi connectivity index (χ1) is 7.58. The SMILES string of the molecule is CC1=NN(C(=O)c2cccc(C)c2)C(=O)C1. The van der Waals surface area contributed by atoms with Crippen LogP contribution in [0.5, 0.6) is 0 Å². The lowest BCUT2D eigenvalue weighted by Crippen LogP contribution is -2.28. The Morgan fingerprint density at radius 3 is 2.69 bits per heavy atom. The van der Waals surface area contributed by atoms with E-state index in [4.69, 9.17) is 0 Å². The van der Waals surface area contributed by atoms with Gasteiger partial charge in [-0.15, -0.1) is 0 Å². The van der Waals surface area contributed by atoms with Crippen molar-refractivity contribution in [2.24, 2.45) is 5.10 Å². The molecule has 1 aliphatic heterocycles. The lowest BCUT2D eigenvalue weighted by molar-refractivity contribution is -0.126. The molecule has 16 heavy (non-hydrogen) atoms. The molecule has 0 saturated heterocycles. The molecule has 1 aliphatic rings. The number of rotatable bonds is 1. The van der Waals surface area contributed by atoms with E-state index in [0.717, 1.165) is 10.6 Å². The maximum atomic E-state index is 12.0. The minimum atomic E-state index is -0.356. The second kappa shape index (κ2) is 3.89. The molecule has 0 spiro atoms. The highest BCUT2D eigenvalue weighted by molar-refractivity contribution is 6.13. The zero-order valence-corrected chi connectivity index (χ0v) is 9.23. The average Bonchev–Trinajstić information content (AvgIpc) is 2.57. The third-order valence-corrected chi connectivity index (χ3v) is 2.37. The molecule has 0 aliphatic carbocycles. The number of benzene rings is 1. The van der Waals surface area contributed by atoms with Crippen molar-refractivity contribution >= 4 is 17.5 Å². The van der Waals surface area contributed by atoms with Crippen molar-refractivity contribution < 1.29 is 9.59 Å². The summed E-state index contributed by atoms with van der Waals surface area (Å²) in [6.07, 6.45) is 0.234. The van der Waals surface area contributed by atoms with E-state index < -0.39 is 0 Å². The van der Waals surface area contributed by atoms with Crippen LogP contribution < -0.4 is 0 Å². The summed E-state index contributed by atoms with van der Waals surface area (Å²) in [4.78, 5) is 23.4. The summed E-state index contributed by atoms with van der Waals surface area (Å²) in [5, 5.41) is 4.87. The van der Waals surface area contributed by atoms with E-state index in [0.29, 0.717) is 11.3 Å². The monoisotopic (exact) mass is 216 g/mol. The minimum absolute atomic E-state index is 0.234. The van der Waals surface area contributed by atoms with Crippen LogP contribution in [-0.4, -0.2) is 22.5 Å². The molecule has 0 radical (unpaired) electrons. The first-order valence-electron chi connectivity index (χ1n) is 5.06. The van der Waals surface area contributed by atoms with Gasteiger partial charge in [0.15, 0.2) is 0 Å². The van der Waals surface area contributed by atoms with Gasteiger partial charge in [-0.05, 0) is 26.0 Å². The number of carbonyl (C=O) groups excluding carboxylic acids is 2. The fourth-order valence-electron chi connectivity index (χ4n) is 1.61. The summed E-state index contributed by atoms with van der Waals surface area (Å²) in [6.45, 7) is 3.64. The summed E-state index contributed by atoms with van der Waals surface area (Å²) in [7, 11) is 0. The lowest BCUT2D eigenvalue weighted by Gasteiger charge is -2.09. The lowest BCUT2D eigenvalue weighted by atomic mass is 10.1. The third-order valence-electron chi connectivity index (χ3n) is 2.37. The fraction of sp³-hybridized carbons (Fsp3) is 0.250. The molecule has 0 unspecified atom stereocenters. The van der Waals surface area contributed by atoms with Crippen LogP contribution in [0.2, 0.25) is 0 Å². The smallest absolute Gasteiger partial charge is 0.272 e. The molecule has 1 aromatic carbocycles. The Morgan fingerprint density at radius 1 is 1.38 bits per heavy atom. The van der Waals surface area contributed by atoms with Crippen LogP contribution in [0, 0.1) is 6.92 Å². The van der Waals surface area contributed by atoms with E-state index in [1.807, 2.05) is 13.0 Å². The van der Waals surface area contributed by atoms with Crippen molar-refractivity contribution in [2.45, 2.75) is 20.3 Å². The zero-order valence-electron chi connectivity index (χ0n) is 9.23. The minimum Gasteiger partial charge on any atom is -0.272 e. The normalized spacial score (nSPS) is 15.2. The van der Waals surface area contributed by atoms with E-state index >= 15 is 0 Å². The zero-order chi connectivity index (χ0) is 11.7. The Labute approximate surface area is 93.6 Å². The molecule has 0 N–H and O–H groups in total. The van der Waals surface area contributed by atoms with E-state index in [1.54, 1.807) is 25.1 Å².